The summed E-state index contributed by atoms with van der Waals surface area (Å²) in [4.78, 5) is 4.52. The quantitative estimate of drug-likeness (QED) is 0.429. The van der Waals surface area contributed by atoms with Gasteiger partial charge in [0, 0.05) is 24.4 Å². The van der Waals surface area contributed by atoms with E-state index in [0.717, 1.165) is 46.8 Å². The van der Waals surface area contributed by atoms with Crippen LogP contribution in [0, 0.1) is 0 Å². The van der Waals surface area contributed by atoms with Crippen molar-refractivity contribution in [1.82, 2.24) is 34.6 Å². The highest BCUT2D eigenvalue weighted by Crippen LogP contribution is 2.52. The monoisotopic (exact) mass is 423 g/mol. The van der Waals surface area contributed by atoms with Crippen molar-refractivity contribution in [1.29, 1.82) is 0 Å². The summed E-state index contributed by atoms with van der Waals surface area (Å²) in [7, 11) is 3.59. The minimum absolute atomic E-state index is 0.177. The molecule has 1 aliphatic carbocycles. The maximum atomic E-state index is 5.31. The highest BCUT2D eigenvalue weighted by molar-refractivity contribution is 5.67. The molecule has 3 heterocycles. The molecule has 5 aromatic rings. The number of benzene rings is 2. The molecule has 0 unspecified atom stereocenters. The first-order chi connectivity index (χ1) is 15.7. The maximum Gasteiger partial charge on any atom is 0.271 e. The third-order valence-corrected chi connectivity index (χ3v) is 6.17. The summed E-state index contributed by atoms with van der Waals surface area (Å²) >= 11 is 0. The number of aryl methyl sites for hydroxylation is 1. The van der Waals surface area contributed by atoms with Crippen LogP contribution in [0.5, 0.6) is 5.75 Å². The van der Waals surface area contributed by atoms with Gasteiger partial charge >= 0.3 is 0 Å². The SMILES string of the molecule is COc1ccc(C2(c3nnc4ncc(-c5ccc(-c6cnn(C)c6)cc5)nn34)CC2)cc1. The van der Waals surface area contributed by atoms with Gasteiger partial charge in [0.1, 0.15) is 11.4 Å². The Labute approximate surface area is 184 Å². The highest BCUT2D eigenvalue weighted by Gasteiger charge is 2.50. The van der Waals surface area contributed by atoms with Crippen molar-refractivity contribution in [3.05, 3.63) is 78.5 Å². The largest absolute Gasteiger partial charge is 0.497 e. The van der Waals surface area contributed by atoms with Crippen LogP contribution in [-0.2, 0) is 12.5 Å². The second-order valence-corrected chi connectivity index (χ2v) is 8.17. The van der Waals surface area contributed by atoms with E-state index < -0.39 is 0 Å². The van der Waals surface area contributed by atoms with Gasteiger partial charge in [-0.05, 0) is 36.1 Å². The van der Waals surface area contributed by atoms with E-state index in [2.05, 4.69) is 56.7 Å². The van der Waals surface area contributed by atoms with Crippen LogP contribution < -0.4 is 4.74 Å². The lowest BCUT2D eigenvalue weighted by Crippen LogP contribution is -2.15. The van der Waals surface area contributed by atoms with Gasteiger partial charge in [-0.15, -0.1) is 10.2 Å². The summed E-state index contributed by atoms with van der Waals surface area (Å²) in [5.74, 6) is 2.18. The van der Waals surface area contributed by atoms with Gasteiger partial charge in [0.05, 0.1) is 24.9 Å². The van der Waals surface area contributed by atoms with Crippen molar-refractivity contribution in [2.24, 2.45) is 7.05 Å². The molecule has 1 aliphatic rings. The lowest BCUT2D eigenvalue weighted by atomic mass is 9.95. The van der Waals surface area contributed by atoms with Crippen molar-refractivity contribution in [2.75, 3.05) is 7.11 Å². The molecule has 6 rings (SSSR count). The number of hydrogen-bond donors (Lipinski definition) is 0. The summed E-state index contributed by atoms with van der Waals surface area (Å²) in [6, 6.07) is 16.4. The molecule has 1 saturated carbocycles. The molecule has 3 aromatic heterocycles. The van der Waals surface area contributed by atoms with Gasteiger partial charge < -0.3 is 4.74 Å². The standard InChI is InChI=1S/C24H21N7O/c1-30-15-18(13-26-30)16-3-5-17(6-4-16)21-14-25-23-28-27-22(31(23)29-21)24(11-12-24)19-7-9-20(32-2)10-8-19/h3-10,13-15H,11-12H2,1-2H3. The molecule has 158 valence electrons. The summed E-state index contributed by atoms with van der Waals surface area (Å²) in [6.45, 7) is 0. The Morgan fingerprint density at radius 3 is 2.28 bits per heavy atom. The Hall–Kier alpha value is -4.07. The van der Waals surface area contributed by atoms with Crippen molar-refractivity contribution in [3.8, 4) is 28.1 Å². The van der Waals surface area contributed by atoms with Crippen LogP contribution in [0.1, 0.15) is 24.2 Å². The minimum Gasteiger partial charge on any atom is -0.497 e. The zero-order valence-corrected chi connectivity index (χ0v) is 17.8. The number of rotatable bonds is 5. The van der Waals surface area contributed by atoms with Crippen molar-refractivity contribution in [2.45, 2.75) is 18.3 Å². The predicted molar refractivity (Wildman–Crippen MR) is 119 cm³/mol. The van der Waals surface area contributed by atoms with E-state index in [9.17, 15) is 0 Å². The van der Waals surface area contributed by atoms with Gasteiger partial charge in [0.2, 0.25) is 0 Å². The summed E-state index contributed by atoms with van der Waals surface area (Å²) in [5.41, 5.74) is 4.97. The first kappa shape index (κ1) is 18.7. The van der Waals surface area contributed by atoms with E-state index in [4.69, 9.17) is 9.84 Å². The van der Waals surface area contributed by atoms with Crippen LogP contribution in [-0.4, -0.2) is 41.7 Å². The molecular formula is C24H21N7O. The van der Waals surface area contributed by atoms with Gasteiger partial charge in [0.15, 0.2) is 5.82 Å². The number of ether oxygens (including phenoxy) is 1. The van der Waals surface area contributed by atoms with Crippen molar-refractivity contribution >= 4 is 5.78 Å². The number of hydrogen-bond acceptors (Lipinski definition) is 6. The number of methoxy groups -OCH3 is 1. The maximum absolute atomic E-state index is 5.31. The van der Waals surface area contributed by atoms with Gasteiger partial charge in [-0.25, -0.2) is 4.98 Å². The second-order valence-electron chi connectivity index (χ2n) is 8.17. The fourth-order valence-electron chi connectivity index (χ4n) is 4.21. The zero-order valence-electron chi connectivity index (χ0n) is 17.8. The Kier molecular flexibility index (Phi) is 4.07. The van der Waals surface area contributed by atoms with Gasteiger partial charge in [0.25, 0.3) is 5.78 Å². The fraction of sp³-hybridized carbons (Fsp3) is 0.208. The molecule has 0 saturated heterocycles. The summed E-state index contributed by atoms with van der Waals surface area (Å²) in [6.07, 6.45) is 7.62. The molecule has 8 nitrogen and oxygen atoms in total. The van der Waals surface area contributed by atoms with Gasteiger partial charge in [-0.2, -0.15) is 14.7 Å². The topological polar surface area (TPSA) is 83.0 Å². The highest BCUT2D eigenvalue weighted by atomic mass is 16.5. The van der Waals surface area contributed by atoms with E-state index in [-0.39, 0.29) is 5.41 Å². The van der Waals surface area contributed by atoms with Crippen molar-refractivity contribution < 1.29 is 4.74 Å². The van der Waals surface area contributed by atoms with E-state index in [1.807, 2.05) is 31.6 Å². The molecule has 8 heteroatoms. The molecule has 0 N–H and O–H groups in total. The number of nitrogens with zero attached hydrogens (tertiary/aromatic N) is 7. The van der Waals surface area contributed by atoms with Crippen LogP contribution in [0.3, 0.4) is 0 Å². The lowest BCUT2D eigenvalue weighted by molar-refractivity contribution is 0.414. The molecule has 1 fully saturated rings. The molecule has 0 aliphatic heterocycles. The van der Waals surface area contributed by atoms with E-state index >= 15 is 0 Å². The molecule has 0 spiro atoms. The molecule has 0 atom stereocenters. The smallest absolute Gasteiger partial charge is 0.271 e. The lowest BCUT2D eigenvalue weighted by Gasteiger charge is -2.14. The zero-order chi connectivity index (χ0) is 21.7. The predicted octanol–water partition coefficient (Wildman–Crippen LogP) is 3.68. The molecule has 0 amide bonds. The number of fused-ring (bicyclic) bond motifs is 1. The van der Waals surface area contributed by atoms with E-state index in [1.54, 1.807) is 22.5 Å². The van der Waals surface area contributed by atoms with E-state index in [0.29, 0.717) is 5.78 Å². The van der Waals surface area contributed by atoms with Gasteiger partial charge in [-0.1, -0.05) is 36.4 Å². The molecule has 32 heavy (non-hydrogen) atoms. The normalized spacial score (nSPS) is 14.6. The Morgan fingerprint density at radius 2 is 1.62 bits per heavy atom. The third-order valence-electron chi connectivity index (χ3n) is 6.17. The first-order valence-electron chi connectivity index (χ1n) is 10.5. The van der Waals surface area contributed by atoms with Crippen LogP contribution >= 0.6 is 0 Å². The molecule has 2 aromatic carbocycles. The Morgan fingerprint density at radius 1 is 0.875 bits per heavy atom. The average molecular weight is 423 g/mol. The minimum atomic E-state index is -0.177. The molecule has 0 radical (unpaired) electrons. The second kappa shape index (κ2) is 6.98. The Bertz CT molecular complexity index is 1410. The van der Waals surface area contributed by atoms with Gasteiger partial charge in [-0.3, -0.25) is 4.68 Å². The first-order valence-corrected chi connectivity index (χ1v) is 10.5. The molecular weight excluding hydrogens is 402 g/mol. The summed E-state index contributed by atoms with van der Waals surface area (Å²) in [5, 5.41) is 17.9. The van der Waals surface area contributed by atoms with Crippen LogP contribution in [0.2, 0.25) is 0 Å². The van der Waals surface area contributed by atoms with Crippen molar-refractivity contribution in [3.63, 3.8) is 0 Å². The Balaban J connectivity index is 1.37. The summed E-state index contributed by atoms with van der Waals surface area (Å²) < 4.78 is 8.90. The molecule has 0 bridgehead atoms. The van der Waals surface area contributed by atoms with Crippen LogP contribution in [0.4, 0.5) is 0 Å². The van der Waals surface area contributed by atoms with E-state index in [1.165, 1.54) is 5.56 Å². The van der Waals surface area contributed by atoms with Crippen LogP contribution in [0.15, 0.2) is 67.1 Å². The average Bonchev–Trinajstić information content (AvgIpc) is 3.34. The fourth-order valence-corrected chi connectivity index (χ4v) is 4.21. The number of aromatic nitrogens is 7. The van der Waals surface area contributed by atoms with Crippen LogP contribution in [0.25, 0.3) is 28.2 Å². The third kappa shape index (κ3) is 2.95.